The highest BCUT2D eigenvalue weighted by Gasteiger charge is 2.09. The van der Waals surface area contributed by atoms with E-state index in [4.69, 9.17) is 0 Å². The van der Waals surface area contributed by atoms with Crippen LogP contribution >= 0.6 is 15.9 Å². The molecular formula is C21H17BrN6O2. The molecule has 0 radical (unpaired) electrons. The number of rotatable bonds is 5. The first-order valence-corrected chi connectivity index (χ1v) is 9.81. The molecule has 0 bridgehead atoms. The Morgan fingerprint density at radius 2 is 1.73 bits per heavy atom. The summed E-state index contributed by atoms with van der Waals surface area (Å²) in [6.45, 7) is 0. The SMILES string of the molecule is Cn1cccc(Nc2nc(Nc3ccc(-n4ccccc4=O)cc3)ncc2Br)c1=O. The van der Waals surface area contributed by atoms with E-state index in [2.05, 4.69) is 36.5 Å². The largest absolute Gasteiger partial charge is 0.335 e. The van der Waals surface area contributed by atoms with E-state index in [1.807, 2.05) is 24.3 Å². The standard InChI is InChI=1S/C21H17BrN6O2/c1-27-11-4-5-17(20(27)30)25-19-16(22)13-23-21(26-19)24-14-7-9-15(10-8-14)28-12-3-2-6-18(28)29/h2-13H,1H3,(H2,23,24,25,26). The number of halogens is 1. The van der Waals surface area contributed by atoms with E-state index in [1.54, 1.807) is 54.5 Å². The lowest BCUT2D eigenvalue weighted by Gasteiger charge is -2.11. The zero-order chi connectivity index (χ0) is 21.1. The van der Waals surface area contributed by atoms with E-state index in [0.29, 0.717) is 21.9 Å². The fourth-order valence-corrected chi connectivity index (χ4v) is 3.10. The second-order valence-corrected chi connectivity index (χ2v) is 7.29. The van der Waals surface area contributed by atoms with E-state index >= 15 is 0 Å². The fourth-order valence-electron chi connectivity index (χ4n) is 2.81. The number of nitrogens with one attached hydrogen (secondary N) is 2. The van der Waals surface area contributed by atoms with Gasteiger partial charge < -0.3 is 15.2 Å². The lowest BCUT2D eigenvalue weighted by molar-refractivity contribution is 0.863. The monoisotopic (exact) mass is 464 g/mol. The first-order chi connectivity index (χ1) is 14.5. The van der Waals surface area contributed by atoms with Crippen LogP contribution in [0.4, 0.5) is 23.1 Å². The normalized spacial score (nSPS) is 10.6. The Morgan fingerprint density at radius 1 is 0.933 bits per heavy atom. The summed E-state index contributed by atoms with van der Waals surface area (Å²) in [5, 5.41) is 6.16. The Labute approximate surface area is 180 Å². The van der Waals surface area contributed by atoms with Crippen LogP contribution in [0.2, 0.25) is 0 Å². The second kappa shape index (κ2) is 8.34. The van der Waals surface area contributed by atoms with Crippen LogP contribution in [-0.4, -0.2) is 19.1 Å². The van der Waals surface area contributed by atoms with E-state index in [0.717, 1.165) is 11.4 Å². The van der Waals surface area contributed by atoms with Crippen molar-refractivity contribution in [2.45, 2.75) is 0 Å². The number of benzene rings is 1. The summed E-state index contributed by atoms with van der Waals surface area (Å²) in [7, 11) is 1.68. The van der Waals surface area contributed by atoms with Gasteiger partial charge in [0, 0.05) is 43.1 Å². The molecular weight excluding hydrogens is 448 g/mol. The van der Waals surface area contributed by atoms with Crippen LogP contribution in [0.15, 0.2) is 87.2 Å². The van der Waals surface area contributed by atoms with Crippen molar-refractivity contribution in [3.05, 3.63) is 98.4 Å². The average molecular weight is 465 g/mol. The number of hydrogen-bond acceptors (Lipinski definition) is 6. The molecule has 30 heavy (non-hydrogen) atoms. The molecule has 0 saturated heterocycles. The van der Waals surface area contributed by atoms with Crippen molar-refractivity contribution in [2.24, 2.45) is 7.05 Å². The van der Waals surface area contributed by atoms with Gasteiger partial charge in [-0.3, -0.25) is 14.2 Å². The molecule has 0 unspecified atom stereocenters. The van der Waals surface area contributed by atoms with Gasteiger partial charge >= 0.3 is 0 Å². The third kappa shape index (κ3) is 4.15. The first-order valence-electron chi connectivity index (χ1n) is 9.01. The fraction of sp³-hybridized carbons (Fsp3) is 0.0476. The molecule has 9 heteroatoms. The minimum Gasteiger partial charge on any atom is -0.335 e. The Kier molecular flexibility index (Phi) is 5.44. The number of nitrogens with zero attached hydrogens (tertiary/aromatic N) is 4. The molecule has 0 aliphatic heterocycles. The molecule has 0 saturated carbocycles. The molecule has 0 amide bonds. The van der Waals surface area contributed by atoms with Gasteiger partial charge in [-0.2, -0.15) is 4.98 Å². The molecule has 4 aromatic rings. The molecule has 4 rings (SSSR count). The molecule has 0 aliphatic rings. The van der Waals surface area contributed by atoms with Crippen molar-refractivity contribution in [3.8, 4) is 5.69 Å². The van der Waals surface area contributed by atoms with E-state index in [9.17, 15) is 9.59 Å². The van der Waals surface area contributed by atoms with Crippen molar-refractivity contribution in [3.63, 3.8) is 0 Å². The van der Waals surface area contributed by atoms with Gasteiger partial charge in [0.05, 0.1) is 4.47 Å². The van der Waals surface area contributed by atoms with Gasteiger partial charge in [0.1, 0.15) is 5.69 Å². The highest BCUT2D eigenvalue weighted by atomic mass is 79.9. The Balaban J connectivity index is 1.56. The maximum Gasteiger partial charge on any atom is 0.274 e. The predicted octanol–water partition coefficient (Wildman–Crippen LogP) is 3.58. The van der Waals surface area contributed by atoms with Crippen LogP contribution in [0.1, 0.15) is 0 Å². The number of aromatic nitrogens is 4. The zero-order valence-electron chi connectivity index (χ0n) is 15.9. The van der Waals surface area contributed by atoms with Gasteiger partial charge in [-0.25, -0.2) is 4.98 Å². The lowest BCUT2D eigenvalue weighted by atomic mass is 10.2. The number of aryl methyl sites for hydroxylation is 1. The van der Waals surface area contributed by atoms with E-state index < -0.39 is 0 Å². The number of anilines is 4. The first kappa shape index (κ1) is 19.6. The Bertz CT molecular complexity index is 1310. The van der Waals surface area contributed by atoms with Gasteiger partial charge in [0.2, 0.25) is 5.95 Å². The molecule has 150 valence electrons. The van der Waals surface area contributed by atoms with Crippen LogP contribution in [0.25, 0.3) is 5.69 Å². The molecule has 2 N–H and O–H groups in total. The molecule has 8 nitrogen and oxygen atoms in total. The van der Waals surface area contributed by atoms with Crippen LogP contribution in [0, 0.1) is 0 Å². The van der Waals surface area contributed by atoms with Crippen LogP contribution < -0.4 is 21.8 Å². The predicted molar refractivity (Wildman–Crippen MR) is 120 cm³/mol. The summed E-state index contributed by atoms with van der Waals surface area (Å²) in [4.78, 5) is 32.9. The van der Waals surface area contributed by atoms with Gasteiger partial charge in [0.15, 0.2) is 5.82 Å². The molecule has 3 heterocycles. The van der Waals surface area contributed by atoms with Crippen LogP contribution in [-0.2, 0) is 7.05 Å². The van der Waals surface area contributed by atoms with Gasteiger partial charge in [0.25, 0.3) is 11.1 Å². The highest BCUT2D eigenvalue weighted by Crippen LogP contribution is 2.24. The van der Waals surface area contributed by atoms with Gasteiger partial charge in [-0.1, -0.05) is 6.07 Å². The second-order valence-electron chi connectivity index (χ2n) is 6.43. The average Bonchev–Trinajstić information content (AvgIpc) is 2.75. The van der Waals surface area contributed by atoms with E-state index in [1.165, 1.54) is 10.6 Å². The molecule has 3 aromatic heterocycles. The molecule has 1 aromatic carbocycles. The zero-order valence-corrected chi connectivity index (χ0v) is 17.5. The number of hydrogen-bond donors (Lipinski definition) is 2. The van der Waals surface area contributed by atoms with Crippen LogP contribution in [0.3, 0.4) is 0 Å². The molecule has 0 spiro atoms. The van der Waals surface area contributed by atoms with Gasteiger partial charge in [-0.15, -0.1) is 0 Å². The van der Waals surface area contributed by atoms with E-state index in [-0.39, 0.29) is 11.1 Å². The Morgan fingerprint density at radius 3 is 2.50 bits per heavy atom. The van der Waals surface area contributed by atoms with Crippen molar-refractivity contribution in [1.29, 1.82) is 0 Å². The van der Waals surface area contributed by atoms with Crippen molar-refractivity contribution >= 4 is 39.1 Å². The maximum absolute atomic E-state index is 12.2. The molecule has 0 atom stereocenters. The maximum atomic E-state index is 12.2. The summed E-state index contributed by atoms with van der Waals surface area (Å²) in [5.74, 6) is 0.821. The topological polar surface area (TPSA) is 93.8 Å². The summed E-state index contributed by atoms with van der Waals surface area (Å²) >= 11 is 3.40. The summed E-state index contributed by atoms with van der Waals surface area (Å²) in [5.41, 5.74) is 1.65. The number of pyridine rings is 2. The minimum atomic E-state index is -0.163. The quantitative estimate of drug-likeness (QED) is 0.468. The highest BCUT2D eigenvalue weighted by molar-refractivity contribution is 9.10. The minimum absolute atomic E-state index is 0.0998. The summed E-state index contributed by atoms with van der Waals surface area (Å²) < 4.78 is 3.66. The van der Waals surface area contributed by atoms with Gasteiger partial charge in [-0.05, 0) is 58.4 Å². The van der Waals surface area contributed by atoms with Crippen molar-refractivity contribution in [2.75, 3.05) is 10.6 Å². The third-order valence-corrected chi connectivity index (χ3v) is 4.92. The van der Waals surface area contributed by atoms with Crippen LogP contribution in [0.5, 0.6) is 0 Å². The summed E-state index contributed by atoms with van der Waals surface area (Å²) in [6, 6.07) is 15.8. The molecule has 0 aliphatic carbocycles. The lowest BCUT2D eigenvalue weighted by Crippen LogP contribution is -2.19. The third-order valence-electron chi connectivity index (χ3n) is 4.34. The van der Waals surface area contributed by atoms with Crippen molar-refractivity contribution < 1.29 is 0 Å². The molecule has 0 fully saturated rings. The van der Waals surface area contributed by atoms with Crippen molar-refractivity contribution in [1.82, 2.24) is 19.1 Å². The Hall–Kier alpha value is -3.72. The summed E-state index contributed by atoms with van der Waals surface area (Å²) in [6.07, 6.45) is 5.00. The smallest absolute Gasteiger partial charge is 0.274 e.